The van der Waals surface area contributed by atoms with Gasteiger partial charge in [-0.25, -0.2) is 0 Å². The summed E-state index contributed by atoms with van der Waals surface area (Å²) in [6, 6.07) is 3.72. The predicted molar refractivity (Wildman–Crippen MR) is 54.6 cm³/mol. The van der Waals surface area contributed by atoms with E-state index in [0.717, 1.165) is 13.4 Å². The Labute approximate surface area is 89.3 Å². The van der Waals surface area contributed by atoms with Crippen molar-refractivity contribution in [1.82, 2.24) is 0 Å². The molecule has 0 nitrogen and oxygen atoms in total. The summed E-state index contributed by atoms with van der Waals surface area (Å²) in [7, 11) is 0. The summed E-state index contributed by atoms with van der Waals surface area (Å²) in [6.07, 6.45) is 0. The fraction of sp³-hybridized carbons (Fsp3) is 0. The van der Waals surface area contributed by atoms with Crippen molar-refractivity contribution >= 4 is 59.4 Å². The molecule has 0 aliphatic heterocycles. The second kappa shape index (κ2) is 3.57. The number of hydrogen-bond donors (Lipinski definition) is 0. The van der Waals surface area contributed by atoms with Gasteiger partial charge in [0.1, 0.15) is 0 Å². The summed E-state index contributed by atoms with van der Waals surface area (Å²) in [5.41, 5.74) is 0. The van der Waals surface area contributed by atoms with Gasteiger partial charge in [-0.15, -0.1) is 0 Å². The van der Waals surface area contributed by atoms with Gasteiger partial charge >= 0.3 is 0 Å². The number of benzene rings is 1. The topological polar surface area (TPSA) is 0 Å². The summed E-state index contributed by atoms with van der Waals surface area (Å²) < 4.78 is 2.84. The summed E-state index contributed by atoms with van der Waals surface area (Å²) in [4.78, 5) is 0. The van der Waals surface area contributed by atoms with Crippen LogP contribution in [-0.4, -0.2) is 0 Å². The molecule has 0 N–H and O–H groups in total. The third-order valence-corrected chi connectivity index (χ3v) is 4.00. The number of rotatable bonds is 0. The first kappa shape index (κ1) is 9.04. The second-order valence-corrected chi connectivity index (χ2v) is 4.65. The predicted octanol–water partition coefficient (Wildman–Crippen LogP) is 4.63. The lowest BCUT2D eigenvalue weighted by molar-refractivity contribution is 1.55. The standard InChI is InChI=1S/C6H2Br3Cl/c7-3-1-5(9)6(10)2-4(3)8/h1-2H. The van der Waals surface area contributed by atoms with Crippen molar-refractivity contribution in [2.75, 3.05) is 0 Å². The van der Waals surface area contributed by atoms with Gasteiger partial charge in [-0.1, -0.05) is 11.6 Å². The zero-order valence-corrected chi connectivity index (χ0v) is 10.2. The van der Waals surface area contributed by atoms with Crippen LogP contribution in [0.5, 0.6) is 0 Å². The van der Waals surface area contributed by atoms with Crippen LogP contribution in [0.25, 0.3) is 0 Å². The summed E-state index contributed by atoms with van der Waals surface area (Å²) in [6.45, 7) is 0. The first-order chi connectivity index (χ1) is 4.61. The molecule has 54 valence electrons. The van der Waals surface area contributed by atoms with E-state index in [1.165, 1.54) is 0 Å². The van der Waals surface area contributed by atoms with Gasteiger partial charge in [-0.05, 0) is 59.9 Å². The molecule has 0 heterocycles. The fourth-order valence-electron chi connectivity index (χ4n) is 0.498. The molecule has 0 aliphatic rings. The molecule has 4 heteroatoms. The zero-order chi connectivity index (χ0) is 7.72. The van der Waals surface area contributed by atoms with Crippen LogP contribution in [0.1, 0.15) is 0 Å². The van der Waals surface area contributed by atoms with E-state index in [2.05, 4.69) is 47.8 Å². The Kier molecular flexibility index (Phi) is 3.22. The maximum Gasteiger partial charge on any atom is 0.0560 e. The molecule has 1 aromatic rings. The Morgan fingerprint density at radius 3 is 1.90 bits per heavy atom. The van der Waals surface area contributed by atoms with Crippen LogP contribution in [0.3, 0.4) is 0 Å². The van der Waals surface area contributed by atoms with Gasteiger partial charge in [0, 0.05) is 13.4 Å². The van der Waals surface area contributed by atoms with Crippen LogP contribution in [0.15, 0.2) is 25.6 Å². The van der Waals surface area contributed by atoms with Crippen LogP contribution >= 0.6 is 59.4 Å². The first-order valence-corrected chi connectivity index (χ1v) is 5.17. The van der Waals surface area contributed by atoms with Crippen LogP contribution in [0, 0.1) is 0 Å². The molecule has 0 aliphatic carbocycles. The smallest absolute Gasteiger partial charge is 0.0560 e. The van der Waals surface area contributed by atoms with Crippen LogP contribution in [0.2, 0.25) is 5.02 Å². The van der Waals surface area contributed by atoms with E-state index in [-0.39, 0.29) is 0 Å². The Bertz CT molecular complexity index is 209. The molecule has 0 fully saturated rings. The monoisotopic (exact) mass is 346 g/mol. The maximum atomic E-state index is 5.79. The molecule has 0 amide bonds. The van der Waals surface area contributed by atoms with Crippen molar-refractivity contribution < 1.29 is 0 Å². The fourth-order valence-corrected chi connectivity index (χ4v) is 2.13. The molecule has 1 rings (SSSR count). The summed E-state index contributed by atoms with van der Waals surface area (Å²) >= 11 is 15.8. The van der Waals surface area contributed by atoms with E-state index in [4.69, 9.17) is 11.6 Å². The lowest BCUT2D eigenvalue weighted by atomic mass is 10.4. The Hall–Kier alpha value is 0.950. The number of hydrogen-bond acceptors (Lipinski definition) is 0. The highest BCUT2D eigenvalue weighted by Gasteiger charge is 2.01. The van der Waals surface area contributed by atoms with E-state index in [9.17, 15) is 0 Å². The highest BCUT2D eigenvalue weighted by molar-refractivity contribution is 9.13. The molecule has 1 aromatic carbocycles. The van der Waals surface area contributed by atoms with Gasteiger partial charge in [0.25, 0.3) is 0 Å². The minimum absolute atomic E-state index is 0.704. The SMILES string of the molecule is Clc1cc(Br)c(Br)cc1Br. The minimum atomic E-state index is 0.704. The molecule has 0 unspecified atom stereocenters. The Balaban J connectivity index is 3.28. The average molecular weight is 349 g/mol. The molecule has 0 aromatic heterocycles. The Morgan fingerprint density at radius 1 is 0.900 bits per heavy atom. The molecule has 10 heavy (non-hydrogen) atoms. The highest BCUT2D eigenvalue weighted by atomic mass is 79.9. The summed E-state index contributed by atoms with van der Waals surface area (Å²) in [5.74, 6) is 0. The van der Waals surface area contributed by atoms with Gasteiger partial charge < -0.3 is 0 Å². The minimum Gasteiger partial charge on any atom is -0.0831 e. The zero-order valence-electron chi connectivity index (χ0n) is 4.67. The van der Waals surface area contributed by atoms with Gasteiger partial charge in [0.2, 0.25) is 0 Å². The molecule has 0 radical (unpaired) electrons. The van der Waals surface area contributed by atoms with E-state index in [1.807, 2.05) is 12.1 Å². The lowest BCUT2D eigenvalue weighted by Gasteiger charge is -1.98. The van der Waals surface area contributed by atoms with E-state index in [0.29, 0.717) is 5.02 Å². The van der Waals surface area contributed by atoms with Gasteiger partial charge in [0.15, 0.2) is 0 Å². The normalized spacial score (nSPS) is 10.0. The first-order valence-electron chi connectivity index (χ1n) is 2.41. The number of halogens is 4. The molecule has 0 saturated heterocycles. The summed E-state index contributed by atoms with van der Waals surface area (Å²) in [5, 5.41) is 0.704. The van der Waals surface area contributed by atoms with Gasteiger partial charge in [0.05, 0.1) is 5.02 Å². The highest BCUT2D eigenvalue weighted by Crippen LogP contribution is 2.32. The third-order valence-electron chi connectivity index (χ3n) is 0.963. The quantitative estimate of drug-likeness (QED) is 0.599. The van der Waals surface area contributed by atoms with Crippen LogP contribution in [-0.2, 0) is 0 Å². The van der Waals surface area contributed by atoms with Crippen molar-refractivity contribution in [2.45, 2.75) is 0 Å². The van der Waals surface area contributed by atoms with E-state index >= 15 is 0 Å². The second-order valence-electron chi connectivity index (χ2n) is 1.68. The third kappa shape index (κ3) is 1.97. The molecule has 0 saturated carbocycles. The van der Waals surface area contributed by atoms with Crippen molar-refractivity contribution in [2.24, 2.45) is 0 Å². The molecular formula is C6H2Br3Cl. The molecular weight excluding hydrogens is 347 g/mol. The van der Waals surface area contributed by atoms with Gasteiger partial charge in [-0.2, -0.15) is 0 Å². The largest absolute Gasteiger partial charge is 0.0831 e. The maximum absolute atomic E-state index is 5.79. The van der Waals surface area contributed by atoms with Crippen molar-refractivity contribution in [3.8, 4) is 0 Å². The Morgan fingerprint density at radius 2 is 1.40 bits per heavy atom. The van der Waals surface area contributed by atoms with Crippen molar-refractivity contribution in [3.63, 3.8) is 0 Å². The van der Waals surface area contributed by atoms with Gasteiger partial charge in [-0.3, -0.25) is 0 Å². The van der Waals surface area contributed by atoms with Crippen molar-refractivity contribution in [3.05, 3.63) is 30.6 Å². The van der Waals surface area contributed by atoms with E-state index in [1.54, 1.807) is 0 Å². The molecule has 0 bridgehead atoms. The lowest BCUT2D eigenvalue weighted by Crippen LogP contribution is -1.71. The van der Waals surface area contributed by atoms with Crippen LogP contribution in [0.4, 0.5) is 0 Å². The average Bonchev–Trinajstić information content (AvgIpc) is 1.84. The molecule has 0 atom stereocenters. The van der Waals surface area contributed by atoms with Crippen molar-refractivity contribution in [1.29, 1.82) is 0 Å². The molecule has 0 spiro atoms. The van der Waals surface area contributed by atoms with Crippen LogP contribution < -0.4 is 0 Å². The van der Waals surface area contributed by atoms with E-state index < -0.39 is 0 Å².